The SMILES string of the molecule is COC(=O)c1ccc(C(F)(F)CO)nc1. The van der Waals surface area contributed by atoms with Crippen LogP contribution in [0.25, 0.3) is 0 Å². The molecule has 6 heteroatoms. The monoisotopic (exact) mass is 217 g/mol. The first-order valence-electron chi connectivity index (χ1n) is 4.05. The fourth-order valence-electron chi connectivity index (χ4n) is 0.930. The highest BCUT2D eigenvalue weighted by Gasteiger charge is 2.32. The molecule has 4 nitrogen and oxygen atoms in total. The first-order valence-corrected chi connectivity index (χ1v) is 4.05. The zero-order valence-electron chi connectivity index (χ0n) is 7.91. The number of carbonyl (C=O) groups is 1. The highest BCUT2D eigenvalue weighted by atomic mass is 19.3. The molecule has 1 heterocycles. The van der Waals surface area contributed by atoms with Crippen LogP contribution in [0.4, 0.5) is 8.78 Å². The van der Waals surface area contributed by atoms with Crippen molar-refractivity contribution in [1.82, 2.24) is 4.98 Å². The number of carbonyl (C=O) groups excluding carboxylic acids is 1. The molecular weight excluding hydrogens is 208 g/mol. The van der Waals surface area contributed by atoms with E-state index in [1.807, 2.05) is 0 Å². The van der Waals surface area contributed by atoms with Crippen LogP contribution in [0, 0.1) is 0 Å². The number of pyridine rings is 1. The third kappa shape index (κ3) is 2.47. The van der Waals surface area contributed by atoms with Crippen molar-refractivity contribution >= 4 is 5.97 Å². The van der Waals surface area contributed by atoms with E-state index < -0.39 is 24.2 Å². The first-order chi connectivity index (χ1) is 7.01. The summed E-state index contributed by atoms with van der Waals surface area (Å²) in [5.74, 6) is -4.05. The fraction of sp³-hybridized carbons (Fsp3) is 0.333. The Labute approximate surface area is 84.5 Å². The predicted molar refractivity (Wildman–Crippen MR) is 46.6 cm³/mol. The molecule has 0 bridgehead atoms. The van der Waals surface area contributed by atoms with Crippen molar-refractivity contribution in [3.63, 3.8) is 0 Å². The first kappa shape index (κ1) is 11.5. The van der Waals surface area contributed by atoms with Crippen molar-refractivity contribution in [2.24, 2.45) is 0 Å². The third-order valence-corrected chi connectivity index (χ3v) is 1.76. The number of aromatic nitrogens is 1. The second kappa shape index (κ2) is 4.31. The molecule has 1 aromatic heterocycles. The Kier molecular flexibility index (Phi) is 3.31. The molecule has 0 aromatic carbocycles. The maximum absolute atomic E-state index is 12.9. The van der Waals surface area contributed by atoms with Gasteiger partial charge in [-0.1, -0.05) is 0 Å². The average molecular weight is 217 g/mol. The maximum Gasteiger partial charge on any atom is 0.339 e. The minimum absolute atomic E-state index is 0.0787. The van der Waals surface area contributed by atoms with E-state index in [0.717, 1.165) is 18.3 Å². The van der Waals surface area contributed by atoms with Crippen LogP contribution in [-0.2, 0) is 10.7 Å². The number of aliphatic hydroxyl groups is 1. The van der Waals surface area contributed by atoms with Gasteiger partial charge in [-0.25, -0.2) is 4.79 Å². The van der Waals surface area contributed by atoms with Crippen molar-refractivity contribution in [3.05, 3.63) is 29.6 Å². The minimum atomic E-state index is -3.39. The summed E-state index contributed by atoms with van der Waals surface area (Å²) in [5, 5.41) is 8.39. The van der Waals surface area contributed by atoms with Crippen LogP contribution in [0.3, 0.4) is 0 Å². The van der Waals surface area contributed by atoms with E-state index in [0.29, 0.717) is 0 Å². The smallest absolute Gasteiger partial charge is 0.339 e. The number of rotatable bonds is 3. The Hall–Kier alpha value is -1.56. The maximum atomic E-state index is 12.9. The Bertz CT molecular complexity index is 351. The Balaban J connectivity index is 2.95. The lowest BCUT2D eigenvalue weighted by Gasteiger charge is -2.11. The van der Waals surface area contributed by atoms with Gasteiger partial charge in [-0.3, -0.25) is 4.98 Å². The zero-order valence-corrected chi connectivity index (χ0v) is 7.91. The van der Waals surface area contributed by atoms with Crippen molar-refractivity contribution in [2.75, 3.05) is 13.7 Å². The number of hydrogen-bond donors (Lipinski definition) is 1. The van der Waals surface area contributed by atoms with Gasteiger partial charge in [0.25, 0.3) is 0 Å². The largest absolute Gasteiger partial charge is 0.465 e. The van der Waals surface area contributed by atoms with Gasteiger partial charge < -0.3 is 9.84 Å². The number of ether oxygens (including phenoxy) is 1. The summed E-state index contributed by atoms with van der Waals surface area (Å²) in [6.07, 6.45) is 0.977. The molecule has 0 radical (unpaired) electrons. The van der Waals surface area contributed by atoms with Gasteiger partial charge in [0.15, 0.2) is 0 Å². The number of aliphatic hydroxyl groups excluding tert-OH is 1. The van der Waals surface area contributed by atoms with E-state index in [1.165, 1.54) is 7.11 Å². The Morgan fingerprint density at radius 1 is 1.60 bits per heavy atom. The summed E-state index contributed by atoms with van der Waals surface area (Å²) in [6.45, 7) is -1.32. The van der Waals surface area contributed by atoms with Crippen LogP contribution in [-0.4, -0.2) is 29.8 Å². The van der Waals surface area contributed by atoms with Crippen molar-refractivity contribution in [2.45, 2.75) is 5.92 Å². The second-order valence-corrected chi connectivity index (χ2v) is 2.79. The summed E-state index contributed by atoms with van der Waals surface area (Å²) in [6, 6.07) is 2.14. The van der Waals surface area contributed by atoms with Gasteiger partial charge in [0.05, 0.1) is 12.7 Å². The van der Waals surface area contributed by atoms with E-state index >= 15 is 0 Å². The normalized spacial score (nSPS) is 11.2. The topological polar surface area (TPSA) is 59.4 Å². The molecule has 82 valence electrons. The highest BCUT2D eigenvalue weighted by molar-refractivity contribution is 5.88. The van der Waals surface area contributed by atoms with Crippen molar-refractivity contribution < 1.29 is 23.4 Å². The summed E-state index contributed by atoms with van der Waals surface area (Å²) in [4.78, 5) is 14.3. The summed E-state index contributed by atoms with van der Waals surface area (Å²) in [7, 11) is 1.18. The molecule has 0 saturated carbocycles. The van der Waals surface area contributed by atoms with Crippen molar-refractivity contribution in [1.29, 1.82) is 0 Å². The molecule has 0 fully saturated rings. The molecule has 1 rings (SSSR count). The second-order valence-electron chi connectivity index (χ2n) is 2.79. The van der Waals surface area contributed by atoms with Gasteiger partial charge >= 0.3 is 11.9 Å². The lowest BCUT2D eigenvalue weighted by Crippen LogP contribution is -2.20. The molecule has 1 N–H and O–H groups in total. The number of alkyl halides is 2. The zero-order chi connectivity index (χ0) is 11.5. The van der Waals surface area contributed by atoms with Crippen LogP contribution in [0.15, 0.2) is 18.3 Å². The van der Waals surface area contributed by atoms with E-state index in [1.54, 1.807) is 0 Å². The highest BCUT2D eigenvalue weighted by Crippen LogP contribution is 2.25. The van der Waals surface area contributed by atoms with E-state index in [9.17, 15) is 13.6 Å². The fourth-order valence-corrected chi connectivity index (χ4v) is 0.930. The molecule has 0 saturated heterocycles. The summed E-state index contributed by atoms with van der Waals surface area (Å²) >= 11 is 0. The number of hydrogen-bond acceptors (Lipinski definition) is 4. The molecule has 0 aliphatic carbocycles. The third-order valence-electron chi connectivity index (χ3n) is 1.76. The van der Waals surface area contributed by atoms with Gasteiger partial charge in [-0.15, -0.1) is 0 Å². The van der Waals surface area contributed by atoms with Crippen LogP contribution in [0.2, 0.25) is 0 Å². The van der Waals surface area contributed by atoms with Gasteiger partial charge in [0.1, 0.15) is 12.3 Å². The van der Waals surface area contributed by atoms with Crippen molar-refractivity contribution in [3.8, 4) is 0 Å². The summed E-state index contributed by atoms with van der Waals surface area (Å²) < 4.78 is 30.1. The minimum Gasteiger partial charge on any atom is -0.465 e. The molecule has 0 unspecified atom stereocenters. The van der Waals surface area contributed by atoms with Gasteiger partial charge in [-0.05, 0) is 12.1 Å². The molecule has 0 atom stereocenters. The lowest BCUT2D eigenvalue weighted by molar-refractivity contribution is -0.0592. The molecular formula is C9H9F2NO3. The number of esters is 1. The van der Waals surface area contributed by atoms with E-state index in [4.69, 9.17) is 5.11 Å². The lowest BCUT2D eigenvalue weighted by atomic mass is 10.2. The molecule has 0 spiro atoms. The van der Waals surface area contributed by atoms with Crippen LogP contribution >= 0.6 is 0 Å². The predicted octanol–water partition coefficient (Wildman–Crippen LogP) is 0.952. The quantitative estimate of drug-likeness (QED) is 0.766. The van der Waals surface area contributed by atoms with Crippen LogP contribution < -0.4 is 0 Å². The van der Waals surface area contributed by atoms with E-state index in [-0.39, 0.29) is 5.56 Å². The standard InChI is InChI=1S/C9H9F2NO3/c1-15-8(14)6-2-3-7(12-4-6)9(10,11)5-13/h2-4,13H,5H2,1H3. The molecule has 15 heavy (non-hydrogen) atoms. The molecule has 1 aromatic rings. The Morgan fingerprint density at radius 3 is 2.67 bits per heavy atom. The molecule has 0 aliphatic heterocycles. The number of methoxy groups -OCH3 is 1. The van der Waals surface area contributed by atoms with Gasteiger partial charge in [0, 0.05) is 6.20 Å². The van der Waals surface area contributed by atoms with Gasteiger partial charge in [-0.2, -0.15) is 8.78 Å². The molecule has 0 aliphatic rings. The number of nitrogens with zero attached hydrogens (tertiary/aromatic N) is 1. The van der Waals surface area contributed by atoms with Crippen LogP contribution in [0.1, 0.15) is 16.1 Å². The number of halogens is 2. The Morgan fingerprint density at radius 2 is 2.27 bits per heavy atom. The molecule has 0 amide bonds. The van der Waals surface area contributed by atoms with E-state index in [2.05, 4.69) is 9.72 Å². The van der Waals surface area contributed by atoms with Crippen LogP contribution in [0.5, 0.6) is 0 Å². The van der Waals surface area contributed by atoms with Gasteiger partial charge in [0.2, 0.25) is 0 Å². The average Bonchev–Trinajstić information content (AvgIpc) is 2.28. The summed E-state index contributed by atoms with van der Waals surface area (Å²) in [5.41, 5.74) is -0.507.